The average Bonchev–Trinajstić information content (AvgIpc) is 3.06. The Morgan fingerprint density at radius 1 is 1.23 bits per heavy atom. The monoisotopic (exact) mass is 419 g/mol. The summed E-state index contributed by atoms with van der Waals surface area (Å²) < 4.78 is 6.00. The fourth-order valence-electron chi connectivity index (χ4n) is 4.09. The molecule has 160 valence electrons. The van der Waals surface area contributed by atoms with Crippen molar-refractivity contribution >= 4 is 28.4 Å². The zero-order chi connectivity index (χ0) is 22.0. The first kappa shape index (κ1) is 20.8. The van der Waals surface area contributed by atoms with Gasteiger partial charge in [0.05, 0.1) is 10.9 Å². The standard InChI is InChI=1S/C24H25N3O4/c1-16-13-17(20-5-3-4-6-21(20)25-16)15-31-19-9-7-18(8-10-19)27-12-11-24(2,23(27)29)14-22(28)26-30/h3-10,13,30H,11-12,14-15H2,1-2H3,(H,26,28)/t24-/m1/s1. The predicted octanol–water partition coefficient (Wildman–Crippen LogP) is 3.76. The van der Waals surface area contributed by atoms with Gasteiger partial charge in [0.15, 0.2) is 0 Å². The number of para-hydroxylation sites is 1. The summed E-state index contributed by atoms with van der Waals surface area (Å²) in [6.07, 6.45) is 0.505. The number of aromatic nitrogens is 1. The van der Waals surface area contributed by atoms with Crippen molar-refractivity contribution in [1.29, 1.82) is 0 Å². The summed E-state index contributed by atoms with van der Waals surface area (Å²) in [6, 6.07) is 17.4. The van der Waals surface area contributed by atoms with E-state index in [2.05, 4.69) is 4.98 Å². The van der Waals surface area contributed by atoms with E-state index in [9.17, 15) is 9.59 Å². The number of nitrogens with one attached hydrogen (secondary N) is 1. The van der Waals surface area contributed by atoms with Crippen LogP contribution in [0.15, 0.2) is 54.6 Å². The van der Waals surface area contributed by atoms with Gasteiger partial charge in [0.2, 0.25) is 11.8 Å². The first-order valence-electron chi connectivity index (χ1n) is 10.2. The van der Waals surface area contributed by atoms with Crippen LogP contribution in [0.2, 0.25) is 0 Å². The SMILES string of the molecule is Cc1cc(COc2ccc(N3CC[C@](C)(CC(=O)NO)C3=O)cc2)c2ccccc2n1. The number of fused-ring (bicyclic) bond motifs is 1. The normalized spacial score (nSPS) is 18.4. The quantitative estimate of drug-likeness (QED) is 0.469. The Balaban J connectivity index is 1.45. The molecule has 1 fully saturated rings. The number of nitrogens with zero attached hydrogens (tertiary/aromatic N) is 2. The van der Waals surface area contributed by atoms with Crippen LogP contribution in [0.25, 0.3) is 10.9 Å². The Kier molecular flexibility index (Phi) is 5.61. The zero-order valence-corrected chi connectivity index (χ0v) is 17.6. The fraction of sp³-hybridized carbons (Fsp3) is 0.292. The predicted molar refractivity (Wildman–Crippen MR) is 117 cm³/mol. The van der Waals surface area contributed by atoms with Crippen molar-refractivity contribution in [3.05, 3.63) is 65.9 Å². The molecular formula is C24H25N3O4. The maximum atomic E-state index is 12.9. The lowest BCUT2D eigenvalue weighted by molar-refractivity contribution is -0.136. The van der Waals surface area contributed by atoms with Crippen molar-refractivity contribution in [3.8, 4) is 5.75 Å². The van der Waals surface area contributed by atoms with Crippen LogP contribution in [-0.2, 0) is 16.2 Å². The third-order valence-electron chi connectivity index (χ3n) is 5.80. The molecule has 1 aromatic heterocycles. The van der Waals surface area contributed by atoms with Crippen LogP contribution in [0.5, 0.6) is 5.75 Å². The summed E-state index contributed by atoms with van der Waals surface area (Å²) in [5.74, 6) is 0.0279. The highest BCUT2D eigenvalue weighted by atomic mass is 16.5. The van der Waals surface area contributed by atoms with Gasteiger partial charge in [-0.25, -0.2) is 5.48 Å². The Morgan fingerprint density at radius 2 is 1.97 bits per heavy atom. The lowest BCUT2D eigenvalue weighted by Crippen LogP contribution is -2.36. The molecule has 0 saturated carbocycles. The molecular weight excluding hydrogens is 394 g/mol. The first-order valence-corrected chi connectivity index (χ1v) is 10.2. The minimum absolute atomic E-state index is 0.0423. The highest BCUT2D eigenvalue weighted by molar-refractivity contribution is 6.01. The van der Waals surface area contributed by atoms with E-state index in [0.29, 0.717) is 25.3 Å². The van der Waals surface area contributed by atoms with E-state index in [1.54, 1.807) is 17.3 Å². The number of ether oxygens (including phenoxy) is 1. The average molecular weight is 419 g/mol. The minimum Gasteiger partial charge on any atom is -0.489 e. The van der Waals surface area contributed by atoms with Crippen LogP contribution < -0.4 is 15.1 Å². The van der Waals surface area contributed by atoms with E-state index in [1.807, 2.05) is 61.5 Å². The molecule has 0 bridgehead atoms. The van der Waals surface area contributed by atoms with E-state index in [0.717, 1.165) is 27.8 Å². The molecule has 1 saturated heterocycles. The van der Waals surface area contributed by atoms with Crippen molar-refractivity contribution in [3.63, 3.8) is 0 Å². The van der Waals surface area contributed by atoms with Crippen molar-refractivity contribution in [1.82, 2.24) is 10.5 Å². The molecule has 0 unspecified atom stereocenters. The van der Waals surface area contributed by atoms with Gasteiger partial charge in [-0.15, -0.1) is 0 Å². The van der Waals surface area contributed by atoms with Crippen LogP contribution >= 0.6 is 0 Å². The van der Waals surface area contributed by atoms with Gasteiger partial charge in [-0.1, -0.05) is 25.1 Å². The highest BCUT2D eigenvalue weighted by Gasteiger charge is 2.44. The summed E-state index contributed by atoms with van der Waals surface area (Å²) in [4.78, 5) is 30.6. The molecule has 1 atom stereocenters. The van der Waals surface area contributed by atoms with E-state index >= 15 is 0 Å². The van der Waals surface area contributed by atoms with Crippen LogP contribution in [0.1, 0.15) is 31.0 Å². The number of anilines is 1. The second-order valence-electron chi connectivity index (χ2n) is 8.20. The number of pyridine rings is 1. The van der Waals surface area contributed by atoms with E-state index in [4.69, 9.17) is 9.94 Å². The highest BCUT2D eigenvalue weighted by Crippen LogP contribution is 2.37. The molecule has 2 heterocycles. The minimum atomic E-state index is -0.817. The number of carbonyl (C=O) groups is 2. The third kappa shape index (κ3) is 4.22. The van der Waals surface area contributed by atoms with Crippen LogP contribution in [0, 0.1) is 12.3 Å². The van der Waals surface area contributed by atoms with Gasteiger partial charge >= 0.3 is 0 Å². The largest absolute Gasteiger partial charge is 0.489 e. The molecule has 2 aromatic carbocycles. The molecule has 3 aromatic rings. The van der Waals surface area contributed by atoms with E-state index in [1.165, 1.54) is 0 Å². The molecule has 1 aliphatic heterocycles. The molecule has 0 spiro atoms. The maximum absolute atomic E-state index is 12.9. The van der Waals surface area contributed by atoms with Gasteiger partial charge in [0, 0.05) is 35.3 Å². The van der Waals surface area contributed by atoms with Gasteiger partial charge in [-0.05, 0) is 49.7 Å². The Morgan fingerprint density at radius 3 is 2.71 bits per heavy atom. The molecule has 2 amide bonds. The summed E-state index contributed by atoms with van der Waals surface area (Å²) in [7, 11) is 0. The molecule has 7 nitrogen and oxygen atoms in total. The van der Waals surface area contributed by atoms with Gasteiger partial charge in [-0.2, -0.15) is 0 Å². The van der Waals surface area contributed by atoms with Crippen molar-refractivity contribution in [2.24, 2.45) is 5.41 Å². The van der Waals surface area contributed by atoms with Crippen molar-refractivity contribution in [2.75, 3.05) is 11.4 Å². The van der Waals surface area contributed by atoms with Gasteiger partial charge < -0.3 is 9.64 Å². The van der Waals surface area contributed by atoms with Crippen molar-refractivity contribution in [2.45, 2.75) is 33.3 Å². The van der Waals surface area contributed by atoms with Crippen LogP contribution in [0.3, 0.4) is 0 Å². The topological polar surface area (TPSA) is 91.8 Å². The van der Waals surface area contributed by atoms with Crippen LogP contribution in [0.4, 0.5) is 5.69 Å². The number of carbonyl (C=O) groups excluding carboxylic acids is 2. The summed E-state index contributed by atoms with van der Waals surface area (Å²) in [5, 5.41) is 9.84. The molecule has 1 aliphatic rings. The molecule has 0 radical (unpaired) electrons. The number of hydroxylamine groups is 1. The zero-order valence-electron chi connectivity index (χ0n) is 17.6. The second-order valence-corrected chi connectivity index (χ2v) is 8.20. The van der Waals surface area contributed by atoms with E-state index < -0.39 is 11.3 Å². The van der Waals surface area contributed by atoms with Gasteiger partial charge in [0.1, 0.15) is 12.4 Å². The molecule has 7 heteroatoms. The smallest absolute Gasteiger partial charge is 0.244 e. The van der Waals surface area contributed by atoms with E-state index in [-0.39, 0.29) is 12.3 Å². The Labute approximate surface area is 180 Å². The molecule has 4 rings (SSSR count). The van der Waals surface area contributed by atoms with Gasteiger partial charge in [-0.3, -0.25) is 19.8 Å². The fourth-order valence-corrected chi connectivity index (χ4v) is 4.09. The van der Waals surface area contributed by atoms with Crippen molar-refractivity contribution < 1.29 is 19.5 Å². The molecule has 31 heavy (non-hydrogen) atoms. The number of hydrogen-bond donors (Lipinski definition) is 2. The summed E-state index contributed by atoms with van der Waals surface area (Å²) in [6.45, 7) is 4.66. The molecule has 0 aliphatic carbocycles. The Bertz CT molecular complexity index is 1130. The van der Waals surface area contributed by atoms with Gasteiger partial charge in [0.25, 0.3) is 0 Å². The first-order chi connectivity index (χ1) is 14.9. The number of amides is 2. The summed E-state index contributed by atoms with van der Waals surface area (Å²) >= 11 is 0. The second kappa shape index (κ2) is 8.35. The summed E-state index contributed by atoms with van der Waals surface area (Å²) in [5.41, 5.74) is 4.51. The number of hydrogen-bond acceptors (Lipinski definition) is 5. The number of rotatable bonds is 6. The molecule has 2 N–H and O–H groups in total. The Hall–Kier alpha value is -3.45. The number of benzene rings is 2. The third-order valence-corrected chi connectivity index (χ3v) is 5.80. The van der Waals surface area contributed by atoms with Crippen LogP contribution in [-0.4, -0.2) is 28.6 Å². The number of aryl methyl sites for hydroxylation is 1. The lowest BCUT2D eigenvalue weighted by atomic mass is 9.85. The maximum Gasteiger partial charge on any atom is 0.244 e. The lowest BCUT2D eigenvalue weighted by Gasteiger charge is -2.22.